The van der Waals surface area contributed by atoms with E-state index in [9.17, 15) is 9.90 Å². The Labute approximate surface area is 139 Å². The normalized spacial score (nSPS) is 17.7. The van der Waals surface area contributed by atoms with Crippen LogP contribution in [0.3, 0.4) is 0 Å². The maximum Gasteiger partial charge on any atom is 0.246 e. The summed E-state index contributed by atoms with van der Waals surface area (Å²) < 4.78 is 0. The van der Waals surface area contributed by atoms with Gasteiger partial charge in [0, 0.05) is 12.1 Å². The molecule has 2 rings (SSSR count). The molecule has 1 atom stereocenters. The lowest BCUT2D eigenvalue weighted by Crippen LogP contribution is -2.43. The van der Waals surface area contributed by atoms with Crippen molar-refractivity contribution in [1.82, 2.24) is 4.90 Å². The van der Waals surface area contributed by atoms with E-state index in [-0.39, 0.29) is 11.9 Å². The molecule has 23 heavy (non-hydrogen) atoms. The molecule has 0 spiro atoms. The molecule has 124 valence electrons. The second kappa shape index (κ2) is 9.31. The van der Waals surface area contributed by atoms with E-state index in [1.807, 2.05) is 54.3 Å². The molecule has 0 heterocycles. The van der Waals surface area contributed by atoms with Crippen LogP contribution in [0, 0.1) is 0 Å². The van der Waals surface area contributed by atoms with E-state index in [0.29, 0.717) is 6.54 Å². The molecule has 0 bridgehead atoms. The van der Waals surface area contributed by atoms with Gasteiger partial charge >= 0.3 is 0 Å². The molecule has 1 aliphatic rings. The summed E-state index contributed by atoms with van der Waals surface area (Å²) in [4.78, 5) is 14.4. The predicted octanol–water partition coefficient (Wildman–Crippen LogP) is 4.01. The zero-order valence-corrected chi connectivity index (χ0v) is 13.9. The highest BCUT2D eigenvalue weighted by Gasteiger charge is 2.26. The van der Waals surface area contributed by atoms with Crippen molar-refractivity contribution < 1.29 is 9.90 Å². The van der Waals surface area contributed by atoms with E-state index in [1.165, 1.54) is 6.42 Å². The third kappa shape index (κ3) is 5.36. The smallest absolute Gasteiger partial charge is 0.246 e. The van der Waals surface area contributed by atoms with Crippen LogP contribution >= 0.6 is 0 Å². The maximum absolute atomic E-state index is 12.6. The summed E-state index contributed by atoms with van der Waals surface area (Å²) >= 11 is 0. The first-order chi connectivity index (χ1) is 11.2. The summed E-state index contributed by atoms with van der Waals surface area (Å²) in [7, 11) is 0. The maximum atomic E-state index is 12.6. The standard InChI is InChI=1S/C20H27NO2/c1-2-3-6-15-20(23)21(18-13-9-5-10-14-18)16-19(22)17-11-7-4-8-12-17/h2-4,6-8,11-12,15,18-19,22H,5,9-10,13-14,16H2,1H3/b3-2+,15-6+. The number of carbonyl (C=O) groups excluding carboxylic acids is 1. The number of nitrogens with zero attached hydrogens (tertiary/aromatic N) is 1. The number of hydrogen-bond acceptors (Lipinski definition) is 2. The molecule has 0 aliphatic heterocycles. The average Bonchev–Trinajstić information content (AvgIpc) is 2.61. The minimum atomic E-state index is -0.641. The highest BCUT2D eigenvalue weighted by atomic mass is 16.3. The zero-order valence-electron chi connectivity index (χ0n) is 13.9. The minimum absolute atomic E-state index is 0.00928. The first kappa shape index (κ1) is 17.5. The summed E-state index contributed by atoms with van der Waals surface area (Å²) in [6.45, 7) is 2.28. The topological polar surface area (TPSA) is 40.5 Å². The molecule has 1 aliphatic carbocycles. The number of amides is 1. The van der Waals surface area contributed by atoms with E-state index in [4.69, 9.17) is 0 Å². The lowest BCUT2D eigenvalue weighted by molar-refractivity contribution is -0.130. The molecule has 1 aromatic carbocycles. The highest BCUT2D eigenvalue weighted by molar-refractivity contribution is 5.88. The Balaban J connectivity index is 2.10. The molecule has 0 radical (unpaired) electrons. The number of benzene rings is 1. The Bertz CT molecular complexity index is 530. The zero-order chi connectivity index (χ0) is 16.5. The number of rotatable bonds is 6. The van der Waals surface area contributed by atoms with Crippen LogP contribution in [0.2, 0.25) is 0 Å². The molecular formula is C20H27NO2. The van der Waals surface area contributed by atoms with Crippen LogP contribution in [0.25, 0.3) is 0 Å². The van der Waals surface area contributed by atoms with Gasteiger partial charge in [0.1, 0.15) is 0 Å². The lowest BCUT2D eigenvalue weighted by atomic mass is 9.93. The largest absolute Gasteiger partial charge is 0.387 e. The molecule has 1 N–H and O–H groups in total. The SMILES string of the molecule is C/C=C/C=C/C(=O)N(CC(O)c1ccccc1)C1CCCCC1. The number of hydrogen-bond donors (Lipinski definition) is 1. The Morgan fingerprint density at radius 2 is 1.91 bits per heavy atom. The molecule has 1 fully saturated rings. The van der Waals surface area contributed by atoms with Gasteiger partial charge in [-0.05, 0) is 25.3 Å². The summed E-state index contributed by atoms with van der Waals surface area (Å²) in [6, 6.07) is 9.81. The van der Waals surface area contributed by atoms with Gasteiger partial charge in [0.05, 0.1) is 12.6 Å². The summed E-state index contributed by atoms with van der Waals surface area (Å²) in [5, 5.41) is 10.5. The van der Waals surface area contributed by atoms with Gasteiger partial charge in [0.15, 0.2) is 0 Å². The number of aliphatic hydroxyl groups is 1. The Hall–Kier alpha value is -1.87. The van der Waals surface area contributed by atoms with Crippen molar-refractivity contribution in [2.24, 2.45) is 0 Å². The van der Waals surface area contributed by atoms with Gasteiger partial charge in [-0.1, -0.05) is 67.8 Å². The van der Waals surface area contributed by atoms with Gasteiger partial charge in [0.2, 0.25) is 5.91 Å². The van der Waals surface area contributed by atoms with E-state index < -0.39 is 6.10 Å². The molecule has 1 unspecified atom stereocenters. The summed E-state index contributed by atoms with van der Waals surface area (Å²) in [5.41, 5.74) is 0.860. The van der Waals surface area contributed by atoms with Crippen LogP contribution in [0.4, 0.5) is 0 Å². The fourth-order valence-corrected chi connectivity index (χ4v) is 3.12. The van der Waals surface area contributed by atoms with Crippen LogP contribution < -0.4 is 0 Å². The Morgan fingerprint density at radius 1 is 1.22 bits per heavy atom. The van der Waals surface area contributed by atoms with Crippen LogP contribution in [0.5, 0.6) is 0 Å². The van der Waals surface area contributed by atoms with E-state index in [2.05, 4.69) is 0 Å². The average molecular weight is 313 g/mol. The van der Waals surface area contributed by atoms with Gasteiger partial charge in [-0.15, -0.1) is 0 Å². The van der Waals surface area contributed by atoms with Crippen molar-refractivity contribution in [3.8, 4) is 0 Å². The van der Waals surface area contributed by atoms with Crippen molar-refractivity contribution in [3.63, 3.8) is 0 Å². The number of allylic oxidation sites excluding steroid dienone is 3. The monoisotopic (exact) mass is 313 g/mol. The van der Waals surface area contributed by atoms with E-state index in [0.717, 1.165) is 31.2 Å². The summed E-state index contributed by atoms with van der Waals surface area (Å²) in [6.07, 6.45) is 12.1. The molecule has 0 saturated heterocycles. The van der Waals surface area contributed by atoms with Gasteiger partial charge in [0.25, 0.3) is 0 Å². The van der Waals surface area contributed by atoms with Gasteiger partial charge in [-0.25, -0.2) is 0 Å². The Morgan fingerprint density at radius 3 is 2.57 bits per heavy atom. The minimum Gasteiger partial charge on any atom is -0.387 e. The molecule has 0 aromatic heterocycles. The number of aliphatic hydroxyl groups excluding tert-OH is 1. The third-order valence-electron chi connectivity index (χ3n) is 4.39. The van der Waals surface area contributed by atoms with E-state index >= 15 is 0 Å². The van der Waals surface area contributed by atoms with Crippen molar-refractivity contribution in [2.45, 2.75) is 51.2 Å². The van der Waals surface area contributed by atoms with Crippen molar-refractivity contribution >= 4 is 5.91 Å². The molecule has 3 heteroatoms. The first-order valence-electron chi connectivity index (χ1n) is 8.55. The van der Waals surface area contributed by atoms with Gasteiger partial charge in [-0.2, -0.15) is 0 Å². The predicted molar refractivity (Wildman–Crippen MR) is 93.9 cm³/mol. The molecule has 1 amide bonds. The number of carbonyl (C=O) groups is 1. The fraction of sp³-hybridized carbons (Fsp3) is 0.450. The third-order valence-corrected chi connectivity index (χ3v) is 4.39. The van der Waals surface area contributed by atoms with Crippen molar-refractivity contribution in [3.05, 3.63) is 60.2 Å². The quantitative estimate of drug-likeness (QED) is 0.636. The van der Waals surface area contributed by atoms with Crippen LogP contribution in [-0.4, -0.2) is 28.5 Å². The van der Waals surface area contributed by atoms with E-state index in [1.54, 1.807) is 12.2 Å². The van der Waals surface area contributed by atoms with Crippen LogP contribution in [0.1, 0.15) is 50.7 Å². The first-order valence-corrected chi connectivity index (χ1v) is 8.55. The van der Waals surface area contributed by atoms with Gasteiger partial charge < -0.3 is 10.0 Å². The van der Waals surface area contributed by atoms with Crippen LogP contribution in [-0.2, 0) is 4.79 Å². The molecule has 1 saturated carbocycles. The highest BCUT2D eigenvalue weighted by Crippen LogP contribution is 2.25. The fourth-order valence-electron chi connectivity index (χ4n) is 3.12. The van der Waals surface area contributed by atoms with Crippen molar-refractivity contribution in [2.75, 3.05) is 6.54 Å². The van der Waals surface area contributed by atoms with Crippen LogP contribution in [0.15, 0.2) is 54.6 Å². The molecule has 3 nitrogen and oxygen atoms in total. The Kier molecular flexibility index (Phi) is 7.08. The van der Waals surface area contributed by atoms with Crippen molar-refractivity contribution in [1.29, 1.82) is 0 Å². The second-order valence-electron chi connectivity index (χ2n) is 6.09. The second-order valence-corrected chi connectivity index (χ2v) is 6.09. The molecule has 1 aromatic rings. The summed E-state index contributed by atoms with van der Waals surface area (Å²) in [5.74, 6) is -0.00928. The van der Waals surface area contributed by atoms with Gasteiger partial charge in [-0.3, -0.25) is 4.79 Å². The molecular weight excluding hydrogens is 286 g/mol. The lowest BCUT2D eigenvalue weighted by Gasteiger charge is -2.35.